The van der Waals surface area contributed by atoms with Crippen LogP contribution >= 0.6 is 0 Å². The van der Waals surface area contributed by atoms with Crippen LogP contribution < -0.4 is 5.32 Å². The third kappa shape index (κ3) is 3.04. The highest BCUT2D eigenvalue weighted by Gasteiger charge is 2.09. The monoisotopic (exact) mass is 304 g/mol. The summed E-state index contributed by atoms with van der Waals surface area (Å²) in [6, 6.07) is 19.6. The Morgan fingerprint density at radius 1 is 0.826 bits per heavy atom. The molecule has 1 heterocycles. The van der Waals surface area contributed by atoms with Gasteiger partial charge in [-0.05, 0) is 68.8 Å². The molecule has 0 aliphatic carbocycles. The van der Waals surface area contributed by atoms with Crippen LogP contribution in [0.3, 0.4) is 0 Å². The lowest BCUT2D eigenvalue weighted by atomic mass is 10.1. The average molecular weight is 304 g/mol. The van der Waals surface area contributed by atoms with Crippen LogP contribution in [0.1, 0.15) is 27.3 Å². The van der Waals surface area contributed by atoms with Gasteiger partial charge in [-0.3, -0.25) is 4.79 Å². The number of aromatic nitrogens is 1. The molecule has 0 saturated carbocycles. The van der Waals surface area contributed by atoms with Gasteiger partial charge in [0.25, 0.3) is 5.91 Å². The van der Waals surface area contributed by atoms with E-state index in [2.05, 4.69) is 35.9 Å². The SMILES string of the molecule is Cc1ccccc1NC(=O)c1ccc(-n2c(C)ccc2C)cc1. The lowest BCUT2D eigenvalue weighted by Crippen LogP contribution is -2.12. The van der Waals surface area contributed by atoms with E-state index >= 15 is 0 Å². The number of carbonyl (C=O) groups is 1. The third-order valence-corrected chi connectivity index (χ3v) is 4.05. The van der Waals surface area contributed by atoms with E-state index in [1.165, 1.54) is 11.4 Å². The van der Waals surface area contributed by atoms with Gasteiger partial charge >= 0.3 is 0 Å². The standard InChI is InChI=1S/C20H20N2O/c1-14-6-4-5-7-19(14)21-20(23)17-10-12-18(13-11-17)22-15(2)8-9-16(22)3/h4-13H,1-3H3,(H,21,23). The van der Waals surface area contributed by atoms with Gasteiger partial charge in [-0.25, -0.2) is 0 Å². The summed E-state index contributed by atoms with van der Waals surface area (Å²) in [6.45, 7) is 6.13. The number of hydrogen-bond acceptors (Lipinski definition) is 1. The Bertz CT molecular complexity index is 825. The van der Waals surface area contributed by atoms with E-state index < -0.39 is 0 Å². The maximum Gasteiger partial charge on any atom is 0.255 e. The predicted molar refractivity (Wildman–Crippen MR) is 94.4 cm³/mol. The van der Waals surface area contributed by atoms with Crippen molar-refractivity contribution in [3.63, 3.8) is 0 Å². The Labute approximate surface area is 136 Å². The number of aryl methyl sites for hydroxylation is 3. The Morgan fingerprint density at radius 3 is 2.04 bits per heavy atom. The second-order valence-corrected chi connectivity index (χ2v) is 5.77. The number of para-hydroxylation sites is 1. The minimum Gasteiger partial charge on any atom is -0.322 e. The zero-order chi connectivity index (χ0) is 16.4. The van der Waals surface area contributed by atoms with Gasteiger partial charge in [0, 0.05) is 28.3 Å². The lowest BCUT2D eigenvalue weighted by Gasteiger charge is -2.11. The van der Waals surface area contributed by atoms with E-state index in [0.29, 0.717) is 5.56 Å². The third-order valence-electron chi connectivity index (χ3n) is 4.05. The highest BCUT2D eigenvalue weighted by atomic mass is 16.1. The fraction of sp³-hybridized carbons (Fsp3) is 0.150. The van der Waals surface area contributed by atoms with Crippen molar-refractivity contribution in [3.8, 4) is 5.69 Å². The molecule has 3 aromatic rings. The van der Waals surface area contributed by atoms with Crippen LogP contribution in [0.2, 0.25) is 0 Å². The smallest absolute Gasteiger partial charge is 0.255 e. The summed E-state index contributed by atoms with van der Waals surface area (Å²) in [6.07, 6.45) is 0. The number of amides is 1. The number of nitrogens with zero attached hydrogens (tertiary/aromatic N) is 1. The first kappa shape index (κ1) is 15.1. The quantitative estimate of drug-likeness (QED) is 0.750. The molecular weight excluding hydrogens is 284 g/mol. The molecule has 0 spiro atoms. The molecule has 0 fully saturated rings. The summed E-state index contributed by atoms with van der Waals surface area (Å²) in [5.74, 6) is -0.0909. The molecule has 0 radical (unpaired) electrons. The molecule has 0 aliphatic rings. The largest absolute Gasteiger partial charge is 0.322 e. The van der Waals surface area contributed by atoms with Gasteiger partial charge in [0.1, 0.15) is 0 Å². The molecule has 3 rings (SSSR count). The zero-order valence-electron chi connectivity index (χ0n) is 13.6. The molecule has 1 amide bonds. The van der Waals surface area contributed by atoms with Crippen molar-refractivity contribution < 1.29 is 4.79 Å². The number of rotatable bonds is 3. The molecule has 1 N–H and O–H groups in total. The summed E-state index contributed by atoms with van der Waals surface area (Å²) >= 11 is 0. The second kappa shape index (κ2) is 6.13. The van der Waals surface area contributed by atoms with Gasteiger partial charge in [-0.15, -0.1) is 0 Å². The highest BCUT2D eigenvalue weighted by molar-refractivity contribution is 6.04. The lowest BCUT2D eigenvalue weighted by molar-refractivity contribution is 0.102. The van der Waals surface area contributed by atoms with Crippen LogP contribution in [0.4, 0.5) is 5.69 Å². The van der Waals surface area contributed by atoms with Crippen LogP contribution in [0.15, 0.2) is 60.7 Å². The van der Waals surface area contributed by atoms with Crippen molar-refractivity contribution in [2.75, 3.05) is 5.32 Å². The minimum absolute atomic E-state index is 0.0909. The second-order valence-electron chi connectivity index (χ2n) is 5.77. The van der Waals surface area contributed by atoms with Crippen molar-refractivity contribution in [2.24, 2.45) is 0 Å². The van der Waals surface area contributed by atoms with Crippen molar-refractivity contribution in [3.05, 3.63) is 83.2 Å². The Balaban J connectivity index is 1.82. The van der Waals surface area contributed by atoms with E-state index in [1.807, 2.05) is 55.5 Å². The number of hydrogen-bond donors (Lipinski definition) is 1. The topological polar surface area (TPSA) is 34.0 Å². The molecular formula is C20H20N2O. The van der Waals surface area contributed by atoms with Crippen molar-refractivity contribution in [1.82, 2.24) is 4.57 Å². The Morgan fingerprint density at radius 2 is 1.43 bits per heavy atom. The molecule has 0 aliphatic heterocycles. The van der Waals surface area contributed by atoms with Crippen molar-refractivity contribution in [2.45, 2.75) is 20.8 Å². The summed E-state index contributed by atoms with van der Waals surface area (Å²) in [5, 5.41) is 2.96. The van der Waals surface area contributed by atoms with E-state index in [9.17, 15) is 4.79 Å². The predicted octanol–water partition coefficient (Wildman–Crippen LogP) is 4.65. The normalized spacial score (nSPS) is 10.6. The molecule has 0 saturated heterocycles. The summed E-state index contributed by atoms with van der Waals surface area (Å²) in [4.78, 5) is 12.4. The first-order valence-corrected chi connectivity index (χ1v) is 7.68. The van der Waals surface area contributed by atoms with Crippen LogP contribution in [0, 0.1) is 20.8 Å². The van der Waals surface area contributed by atoms with Crippen LogP contribution in [-0.4, -0.2) is 10.5 Å². The highest BCUT2D eigenvalue weighted by Crippen LogP contribution is 2.18. The molecule has 0 atom stereocenters. The molecule has 0 unspecified atom stereocenters. The molecule has 3 nitrogen and oxygen atoms in total. The summed E-state index contributed by atoms with van der Waals surface area (Å²) < 4.78 is 2.17. The van der Waals surface area contributed by atoms with E-state index in [1.54, 1.807) is 0 Å². The number of nitrogens with one attached hydrogen (secondary N) is 1. The van der Waals surface area contributed by atoms with E-state index in [4.69, 9.17) is 0 Å². The van der Waals surface area contributed by atoms with Gasteiger partial charge in [-0.1, -0.05) is 18.2 Å². The molecule has 116 valence electrons. The average Bonchev–Trinajstić information content (AvgIpc) is 2.88. The van der Waals surface area contributed by atoms with E-state index in [0.717, 1.165) is 16.9 Å². The first-order valence-electron chi connectivity index (χ1n) is 7.68. The molecule has 0 bridgehead atoms. The minimum atomic E-state index is -0.0909. The van der Waals surface area contributed by atoms with E-state index in [-0.39, 0.29) is 5.91 Å². The number of anilines is 1. The maximum atomic E-state index is 12.4. The van der Waals surface area contributed by atoms with Gasteiger partial charge in [0.05, 0.1) is 0 Å². The molecule has 1 aromatic heterocycles. The first-order chi connectivity index (χ1) is 11.1. The van der Waals surface area contributed by atoms with Crippen molar-refractivity contribution in [1.29, 1.82) is 0 Å². The molecule has 2 aromatic carbocycles. The van der Waals surface area contributed by atoms with Gasteiger partial charge in [0.2, 0.25) is 0 Å². The Hall–Kier alpha value is -2.81. The van der Waals surface area contributed by atoms with Gasteiger partial charge < -0.3 is 9.88 Å². The van der Waals surface area contributed by atoms with Crippen LogP contribution in [-0.2, 0) is 0 Å². The summed E-state index contributed by atoms with van der Waals surface area (Å²) in [7, 11) is 0. The van der Waals surface area contributed by atoms with Gasteiger partial charge in [-0.2, -0.15) is 0 Å². The maximum absolute atomic E-state index is 12.4. The van der Waals surface area contributed by atoms with Crippen LogP contribution in [0.5, 0.6) is 0 Å². The number of carbonyl (C=O) groups excluding carboxylic acids is 1. The van der Waals surface area contributed by atoms with Gasteiger partial charge in [0.15, 0.2) is 0 Å². The summed E-state index contributed by atoms with van der Waals surface area (Å²) in [5.41, 5.74) is 5.98. The molecule has 23 heavy (non-hydrogen) atoms. The Kier molecular flexibility index (Phi) is 4.02. The fourth-order valence-electron chi connectivity index (χ4n) is 2.75. The van der Waals surface area contributed by atoms with Crippen LogP contribution in [0.25, 0.3) is 5.69 Å². The van der Waals surface area contributed by atoms with Crippen molar-refractivity contribution >= 4 is 11.6 Å². The number of benzene rings is 2. The molecule has 3 heteroatoms. The fourth-order valence-corrected chi connectivity index (χ4v) is 2.75. The zero-order valence-corrected chi connectivity index (χ0v) is 13.6.